The summed E-state index contributed by atoms with van der Waals surface area (Å²) < 4.78 is 26.8. The predicted octanol–water partition coefficient (Wildman–Crippen LogP) is 3.28. The molecule has 0 N–H and O–H groups in total. The number of rotatable bonds is 7. The molecule has 0 aliphatic heterocycles. The molecule has 0 fully saturated rings. The summed E-state index contributed by atoms with van der Waals surface area (Å²) in [5.41, 5.74) is 0. The molecule has 0 bridgehead atoms. The quantitative estimate of drug-likeness (QED) is 0.762. The van der Waals surface area contributed by atoms with Gasteiger partial charge in [0.25, 0.3) is 0 Å². The van der Waals surface area contributed by atoms with Crippen LogP contribution in [0.5, 0.6) is 0 Å². The van der Waals surface area contributed by atoms with E-state index in [-0.39, 0.29) is 6.04 Å². The zero-order chi connectivity index (χ0) is 13.6. The fraction of sp³-hybridized carbons (Fsp3) is 0.571. The van der Waals surface area contributed by atoms with Crippen molar-refractivity contribution < 1.29 is 8.42 Å². The van der Waals surface area contributed by atoms with Gasteiger partial charge >= 0.3 is 0 Å². The normalized spacial score (nSPS) is 13.8. The van der Waals surface area contributed by atoms with E-state index in [1.165, 1.54) is 0 Å². The van der Waals surface area contributed by atoms with Crippen molar-refractivity contribution >= 4 is 10.0 Å². The van der Waals surface area contributed by atoms with Crippen LogP contribution in [0.2, 0.25) is 0 Å². The molecule has 0 heterocycles. The molecule has 0 spiro atoms. The first-order valence-corrected chi connectivity index (χ1v) is 8.05. The fourth-order valence-corrected chi connectivity index (χ4v) is 3.59. The Morgan fingerprint density at radius 1 is 1.17 bits per heavy atom. The number of sulfonamides is 1. The van der Waals surface area contributed by atoms with E-state index in [9.17, 15) is 8.42 Å². The molecule has 0 aliphatic carbocycles. The average Bonchev–Trinajstić information content (AvgIpc) is 2.39. The summed E-state index contributed by atoms with van der Waals surface area (Å²) in [5, 5.41) is 0. The molecule has 0 radical (unpaired) electrons. The van der Waals surface area contributed by atoms with Crippen molar-refractivity contribution in [2.75, 3.05) is 6.54 Å². The van der Waals surface area contributed by atoms with Crippen molar-refractivity contribution in [2.24, 2.45) is 0 Å². The Bertz CT molecular complexity index is 442. The topological polar surface area (TPSA) is 37.4 Å². The number of benzene rings is 1. The minimum atomic E-state index is -3.35. The van der Waals surface area contributed by atoms with Gasteiger partial charge in [-0.05, 0) is 31.9 Å². The first kappa shape index (κ1) is 15.2. The lowest BCUT2D eigenvalue weighted by Gasteiger charge is -2.27. The van der Waals surface area contributed by atoms with E-state index in [1.807, 2.05) is 19.9 Å². The van der Waals surface area contributed by atoms with Crippen molar-refractivity contribution in [3.63, 3.8) is 0 Å². The molecule has 1 atom stereocenters. The van der Waals surface area contributed by atoms with Gasteiger partial charge in [0.05, 0.1) is 4.90 Å². The van der Waals surface area contributed by atoms with Crippen molar-refractivity contribution in [3.8, 4) is 0 Å². The molecule has 0 saturated carbocycles. The van der Waals surface area contributed by atoms with Gasteiger partial charge in [0, 0.05) is 12.6 Å². The number of unbranched alkanes of at least 4 members (excludes halogenated alkanes) is 1. The molecular formula is C14H23NO2S. The maximum Gasteiger partial charge on any atom is 0.243 e. The van der Waals surface area contributed by atoms with Gasteiger partial charge < -0.3 is 0 Å². The highest BCUT2D eigenvalue weighted by molar-refractivity contribution is 7.89. The number of hydrogen-bond acceptors (Lipinski definition) is 2. The van der Waals surface area contributed by atoms with Crippen LogP contribution >= 0.6 is 0 Å². The SMILES string of the molecule is CCCCN(C(C)CC)S(=O)(=O)c1ccccc1. The minimum Gasteiger partial charge on any atom is -0.207 e. The summed E-state index contributed by atoms with van der Waals surface area (Å²) in [6.45, 7) is 6.66. The van der Waals surface area contributed by atoms with Crippen molar-refractivity contribution in [1.29, 1.82) is 0 Å². The van der Waals surface area contributed by atoms with E-state index >= 15 is 0 Å². The van der Waals surface area contributed by atoms with Gasteiger partial charge in [-0.25, -0.2) is 8.42 Å². The number of nitrogens with zero attached hydrogens (tertiary/aromatic N) is 1. The van der Waals surface area contributed by atoms with E-state index in [4.69, 9.17) is 0 Å². The Morgan fingerprint density at radius 2 is 1.78 bits per heavy atom. The molecule has 1 aromatic rings. The van der Waals surface area contributed by atoms with Crippen LogP contribution in [0.25, 0.3) is 0 Å². The summed E-state index contributed by atoms with van der Waals surface area (Å²) in [7, 11) is -3.35. The first-order valence-electron chi connectivity index (χ1n) is 6.60. The molecule has 1 rings (SSSR count). The maximum atomic E-state index is 12.6. The summed E-state index contributed by atoms with van der Waals surface area (Å²) in [6.07, 6.45) is 2.73. The van der Waals surface area contributed by atoms with Crippen molar-refractivity contribution in [1.82, 2.24) is 4.31 Å². The van der Waals surface area contributed by atoms with Crippen LogP contribution < -0.4 is 0 Å². The minimum absolute atomic E-state index is 0.0433. The van der Waals surface area contributed by atoms with Crippen LogP contribution in [-0.2, 0) is 10.0 Å². The van der Waals surface area contributed by atoms with E-state index in [1.54, 1.807) is 28.6 Å². The Morgan fingerprint density at radius 3 is 2.28 bits per heavy atom. The molecule has 0 aliphatic rings. The van der Waals surface area contributed by atoms with E-state index in [0.29, 0.717) is 11.4 Å². The molecule has 0 aromatic heterocycles. The Labute approximate surface area is 111 Å². The van der Waals surface area contributed by atoms with Crippen molar-refractivity contribution in [2.45, 2.75) is 51.0 Å². The van der Waals surface area contributed by atoms with Gasteiger partial charge in [0.2, 0.25) is 10.0 Å². The van der Waals surface area contributed by atoms with Gasteiger partial charge in [-0.1, -0.05) is 38.5 Å². The van der Waals surface area contributed by atoms with Crippen LogP contribution in [0, 0.1) is 0 Å². The van der Waals surface area contributed by atoms with Crippen LogP contribution in [-0.4, -0.2) is 25.3 Å². The first-order chi connectivity index (χ1) is 8.54. The second-order valence-electron chi connectivity index (χ2n) is 4.54. The van der Waals surface area contributed by atoms with Gasteiger partial charge in [-0.15, -0.1) is 0 Å². The zero-order valence-electron chi connectivity index (χ0n) is 11.5. The summed E-state index contributed by atoms with van der Waals surface area (Å²) in [6, 6.07) is 8.73. The Kier molecular flexibility index (Phi) is 5.82. The van der Waals surface area contributed by atoms with E-state index < -0.39 is 10.0 Å². The molecule has 1 aromatic carbocycles. The lowest BCUT2D eigenvalue weighted by atomic mass is 10.2. The van der Waals surface area contributed by atoms with E-state index in [0.717, 1.165) is 19.3 Å². The highest BCUT2D eigenvalue weighted by Gasteiger charge is 2.27. The van der Waals surface area contributed by atoms with Crippen LogP contribution in [0.4, 0.5) is 0 Å². The smallest absolute Gasteiger partial charge is 0.207 e. The van der Waals surface area contributed by atoms with Crippen LogP contribution in [0.3, 0.4) is 0 Å². The van der Waals surface area contributed by atoms with E-state index in [2.05, 4.69) is 6.92 Å². The largest absolute Gasteiger partial charge is 0.243 e. The lowest BCUT2D eigenvalue weighted by Crippen LogP contribution is -2.38. The molecule has 18 heavy (non-hydrogen) atoms. The van der Waals surface area contributed by atoms with Crippen LogP contribution in [0.15, 0.2) is 35.2 Å². The third kappa shape index (κ3) is 3.56. The fourth-order valence-electron chi connectivity index (χ4n) is 1.82. The van der Waals surface area contributed by atoms with Crippen LogP contribution in [0.1, 0.15) is 40.0 Å². The zero-order valence-corrected chi connectivity index (χ0v) is 12.3. The van der Waals surface area contributed by atoms with Gasteiger partial charge in [0.1, 0.15) is 0 Å². The van der Waals surface area contributed by atoms with Gasteiger partial charge in [-0.2, -0.15) is 4.31 Å². The van der Waals surface area contributed by atoms with Crippen molar-refractivity contribution in [3.05, 3.63) is 30.3 Å². The summed E-state index contributed by atoms with van der Waals surface area (Å²) in [5.74, 6) is 0. The average molecular weight is 269 g/mol. The van der Waals surface area contributed by atoms with Gasteiger partial charge in [-0.3, -0.25) is 0 Å². The molecule has 4 heteroatoms. The third-order valence-corrected chi connectivity index (χ3v) is 5.19. The molecule has 102 valence electrons. The third-order valence-electron chi connectivity index (χ3n) is 3.16. The van der Waals surface area contributed by atoms with Gasteiger partial charge in [0.15, 0.2) is 0 Å². The summed E-state index contributed by atoms with van der Waals surface area (Å²) >= 11 is 0. The Hall–Kier alpha value is -0.870. The highest BCUT2D eigenvalue weighted by atomic mass is 32.2. The molecule has 0 saturated heterocycles. The maximum absolute atomic E-state index is 12.6. The predicted molar refractivity (Wildman–Crippen MR) is 75.0 cm³/mol. The number of hydrogen-bond donors (Lipinski definition) is 0. The second-order valence-corrected chi connectivity index (χ2v) is 6.43. The summed E-state index contributed by atoms with van der Waals surface area (Å²) in [4.78, 5) is 0.390. The molecule has 3 nitrogen and oxygen atoms in total. The standard InChI is InChI=1S/C14H23NO2S/c1-4-6-12-15(13(3)5-2)18(16,17)14-10-8-7-9-11-14/h7-11,13H,4-6,12H2,1-3H3. The highest BCUT2D eigenvalue weighted by Crippen LogP contribution is 2.19. The lowest BCUT2D eigenvalue weighted by molar-refractivity contribution is 0.324. The monoisotopic (exact) mass is 269 g/mol. The second kappa shape index (κ2) is 6.90. The molecule has 1 unspecified atom stereocenters. The Balaban J connectivity index is 3.04. The molecular weight excluding hydrogens is 246 g/mol. The molecule has 0 amide bonds.